The van der Waals surface area contributed by atoms with E-state index >= 15 is 0 Å². The molecule has 1 aliphatic rings. The minimum atomic E-state index is -0.481. The number of ether oxygens (including phenoxy) is 1. The van der Waals surface area contributed by atoms with Crippen molar-refractivity contribution in [2.75, 3.05) is 6.61 Å². The Morgan fingerprint density at radius 3 is 2.53 bits per heavy atom. The summed E-state index contributed by atoms with van der Waals surface area (Å²) in [5.41, 5.74) is 1.72. The number of hydrogen-bond acceptors (Lipinski definition) is 5. The second kappa shape index (κ2) is 10.2. The quantitative estimate of drug-likeness (QED) is 0.311. The van der Waals surface area contributed by atoms with Crippen molar-refractivity contribution in [3.63, 3.8) is 0 Å². The number of hydrogen-bond donors (Lipinski definition) is 0. The van der Waals surface area contributed by atoms with E-state index in [1.807, 2.05) is 70.4 Å². The summed E-state index contributed by atoms with van der Waals surface area (Å²) in [6, 6.07) is 25.6. The summed E-state index contributed by atoms with van der Waals surface area (Å²) in [6.45, 7) is 1.54. The van der Waals surface area contributed by atoms with Gasteiger partial charge in [-0.25, -0.2) is 4.98 Å². The molecule has 6 nitrogen and oxygen atoms in total. The van der Waals surface area contributed by atoms with Gasteiger partial charge in [0.1, 0.15) is 31.1 Å². The summed E-state index contributed by atoms with van der Waals surface area (Å²) >= 11 is 12.3. The van der Waals surface area contributed by atoms with Crippen molar-refractivity contribution in [1.29, 1.82) is 0 Å². The average Bonchev–Trinajstić information content (AvgIpc) is 3.48. The maximum absolute atomic E-state index is 6.55. The van der Waals surface area contributed by atoms with Gasteiger partial charge < -0.3 is 4.74 Å². The van der Waals surface area contributed by atoms with Gasteiger partial charge in [-0.05, 0) is 47.5 Å². The van der Waals surface area contributed by atoms with Gasteiger partial charge in [-0.15, -0.1) is 0 Å². The van der Waals surface area contributed by atoms with E-state index in [0.717, 1.165) is 16.9 Å². The van der Waals surface area contributed by atoms with Crippen molar-refractivity contribution in [3.05, 3.63) is 113 Å². The lowest BCUT2D eigenvalue weighted by molar-refractivity contribution is -0.205. The van der Waals surface area contributed by atoms with Crippen LogP contribution in [0.25, 0.3) is 0 Å². The summed E-state index contributed by atoms with van der Waals surface area (Å²) in [5.74, 6) is 0.753. The van der Waals surface area contributed by atoms with Gasteiger partial charge in [0.15, 0.2) is 0 Å². The maximum atomic E-state index is 6.55. The first-order valence-electron chi connectivity index (χ1n) is 11.1. The third-order valence-electron chi connectivity index (χ3n) is 5.99. The molecule has 3 aromatic carbocycles. The lowest BCUT2D eigenvalue weighted by Crippen LogP contribution is -2.43. The zero-order chi connectivity index (χ0) is 23.4. The topological polar surface area (TPSA) is 52.4 Å². The van der Waals surface area contributed by atoms with Crippen LogP contribution in [0.2, 0.25) is 10.0 Å². The van der Waals surface area contributed by atoms with Crippen LogP contribution in [0.15, 0.2) is 91.5 Å². The van der Waals surface area contributed by atoms with E-state index in [-0.39, 0.29) is 6.10 Å². The molecule has 34 heavy (non-hydrogen) atoms. The normalized spacial score (nSPS) is 20.5. The van der Waals surface area contributed by atoms with Crippen LogP contribution < -0.4 is 4.74 Å². The fourth-order valence-electron chi connectivity index (χ4n) is 4.42. The van der Waals surface area contributed by atoms with E-state index in [2.05, 4.69) is 28.3 Å². The Morgan fingerprint density at radius 1 is 0.971 bits per heavy atom. The summed E-state index contributed by atoms with van der Waals surface area (Å²) < 4.78 is 7.91. The van der Waals surface area contributed by atoms with Gasteiger partial charge in [0, 0.05) is 16.5 Å². The fourth-order valence-corrected chi connectivity index (χ4v) is 4.76. The van der Waals surface area contributed by atoms with Crippen LogP contribution in [0.1, 0.15) is 17.5 Å². The van der Waals surface area contributed by atoms with E-state index in [1.54, 1.807) is 12.7 Å². The number of rotatable bonds is 8. The van der Waals surface area contributed by atoms with Crippen LogP contribution in [-0.4, -0.2) is 32.5 Å². The molecule has 0 spiro atoms. The molecule has 8 heteroatoms. The van der Waals surface area contributed by atoms with Gasteiger partial charge in [0.2, 0.25) is 0 Å². The summed E-state index contributed by atoms with van der Waals surface area (Å²) in [4.78, 5) is 10.7. The van der Waals surface area contributed by atoms with Crippen molar-refractivity contribution in [2.24, 2.45) is 0 Å². The summed E-state index contributed by atoms with van der Waals surface area (Å²) in [7, 11) is 0. The third kappa shape index (κ3) is 5.10. The van der Waals surface area contributed by atoms with Crippen LogP contribution >= 0.6 is 23.2 Å². The van der Waals surface area contributed by atoms with Gasteiger partial charge in [-0.2, -0.15) is 10.2 Å². The molecule has 0 radical (unpaired) electrons. The molecule has 2 atom stereocenters. The first-order valence-corrected chi connectivity index (χ1v) is 11.8. The molecule has 174 valence electrons. The van der Waals surface area contributed by atoms with Crippen LogP contribution in [0.5, 0.6) is 5.75 Å². The molecule has 2 heterocycles. The first-order chi connectivity index (χ1) is 16.6. The number of benzene rings is 3. The number of aromatic nitrogens is 3. The molecule has 0 amide bonds. The standard InChI is InChI=1S/C26H24Cl2N4O2/c27-22-9-11-24(12-10-22)33-16-25-14-26(17-31-19-29-18-30-31,21-6-2-1-3-7-21)32(34-25)15-20-5-4-8-23(28)13-20/h1-13,18-19,25H,14-17H2. The van der Waals surface area contributed by atoms with Crippen LogP contribution in [0.3, 0.4) is 0 Å². The Bertz CT molecular complexity index is 1210. The Labute approximate surface area is 208 Å². The highest BCUT2D eigenvalue weighted by molar-refractivity contribution is 6.30. The Kier molecular flexibility index (Phi) is 6.83. The van der Waals surface area contributed by atoms with E-state index in [0.29, 0.717) is 36.2 Å². The lowest BCUT2D eigenvalue weighted by atomic mass is 9.84. The van der Waals surface area contributed by atoms with Gasteiger partial charge >= 0.3 is 0 Å². The first kappa shape index (κ1) is 22.9. The molecule has 2 unspecified atom stereocenters. The third-order valence-corrected chi connectivity index (χ3v) is 6.47. The average molecular weight is 495 g/mol. The van der Waals surface area contributed by atoms with Crippen LogP contribution in [0, 0.1) is 0 Å². The highest BCUT2D eigenvalue weighted by Gasteiger charge is 2.49. The van der Waals surface area contributed by atoms with E-state index in [9.17, 15) is 0 Å². The molecule has 0 bridgehead atoms. The highest BCUT2D eigenvalue weighted by atomic mass is 35.5. The van der Waals surface area contributed by atoms with Gasteiger partial charge in [-0.3, -0.25) is 9.52 Å². The Balaban J connectivity index is 1.47. The van der Waals surface area contributed by atoms with Crippen molar-refractivity contribution in [3.8, 4) is 5.75 Å². The number of halogens is 2. The van der Waals surface area contributed by atoms with Crippen molar-refractivity contribution in [1.82, 2.24) is 19.8 Å². The van der Waals surface area contributed by atoms with E-state index < -0.39 is 5.54 Å². The smallest absolute Gasteiger partial charge is 0.137 e. The van der Waals surface area contributed by atoms with Crippen molar-refractivity contribution in [2.45, 2.75) is 31.2 Å². The van der Waals surface area contributed by atoms with Crippen molar-refractivity contribution < 1.29 is 9.57 Å². The van der Waals surface area contributed by atoms with Gasteiger partial charge in [0.25, 0.3) is 0 Å². The number of hydroxylamine groups is 2. The summed E-state index contributed by atoms with van der Waals surface area (Å²) in [6.07, 6.45) is 3.83. The summed E-state index contributed by atoms with van der Waals surface area (Å²) in [5, 5.41) is 7.81. The molecular formula is C26H24Cl2N4O2. The molecule has 4 aromatic rings. The van der Waals surface area contributed by atoms with Crippen LogP contribution in [0.4, 0.5) is 0 Å². The molecule has 5 rings (SSSR count). The maximum Gasteiger partial charge on any atom is 0.137 e. The Hall–Kier alpha value is -2.90. The molecular weight excluding hydrogens is 471 g/mol. The van der Waals surface area contributed by atoms with E-state index in [4.69, 9.17) is 32.8 Å². The zero-order valence-electron chi connectivity index (χ0n) is 18.4. The molecule has 0 saturated carbocycles. The number of nitrogens with zero attached hydrogens (tertiary/aromatic N) is 4. The lowest BCUT2D eigenvalue weighted by Gasteiger charge is -2.36. The fraction of sp³-hybridized carbons (Fsp3) is 0.231. The second-order valence-corrected chi connectivity index (χ2v) is 9.23. The SMILES string of the molecule is Clc1ccc(OCC2CC(Cn3cncn3)(c3ccccc3)N(Cc3cccc(Cl)c3)O2)cc1. The van der Waals surface area contributed by atoms with Gasteiger partial charge in [-0.1, -0.05) is 65.7 Å². The molecule has 1 aliphatic heterocycles. The van der Waals surface area contributed by atoms with E-state index in [1.165, 1.54) is 0 Å². The Morgan fingerprint density at radius 2 is 1.79 bits per heavy atom. The van der Waals surface area contributed by atoms with Gasteiger partial charge in [0.05, 0.1) is 18.6 Å². The molecule has 1 saturated heterocycles. The molecule has 0 aliphatic carbocycles. The minimum Gasteiger partial charge on any atom is -0.491 e. The predicted octanol–water partition coefficient (Wildman–Crippen LogP) is 5.77. The molecule has 0 N–H and O–H groups in total. The minimum absolute atomic E-state index is 0.168. The highest BCUT2D eigenvalue weighted by Crippen LogP contribution is 2.43. The van der Waals surface area contributed by atoms with Crippen LogP contribution in [-0.2, 0) is 23.5 Å². The van der Waals surface area contributed by atoms with Crippen molar-refractivity contribution >= 4 is 23.2 Å². The second-order valence-electron chi connectivity index (χ2n) is 8.35. The predicted molar refractivity (Wildman–Crippen MR) is 132 cm³/mol. The molecule has 1 aromatic heterocycles. The monoisotopic (exact) mass is 494 g/mol. The molecule has 1 fully saturated rings. The largest absolute Gasteiger partial charge is 0.491 e. The zero-order valence-corrected chi connectivity index (χ0v) is 19.9.